The Kier molecular flexibility index (Phi) is 4.73. The van der Waals surface area contributed by atoms with E-state index in [0.29, 0.717) is 12.8 Å². The quantitative estimate of drug-likeness (QED) is 0.842. The third kappa shape index (κ3) is 2.70. The summed E-state index contributed by atoms with van der Waals surface area (Å²) in [5.74, 6) is -1.41. The molecule has 0 heterocycles. The molecule has 2 aromatic carbocycles. The molecule has 0 saturated heterocycles. The maximum Gasteiger partial charge on any atom is 0.131 e. The van der Waals surface area contributed by atoms with Gasteiger partial charge in [-0.2, -0.15) is 0 Å². The minimum Gasteiger partial charge on any atom is -0.387 e. The summed E-state index contributed by atoms with van der Waals surface area (Å²) in [5, 5.41) is 10.8. The molecule has 0 aliphatic carbocycles. The monoisotopic (exact) mass is 290 g/mol. The summed E-state index contributed by atoms with van der Waals surface area (Å²) in [4.78, 5) is 0. The first kappa shape index (κ1) is 15.6. The van der Waals surface area contributed by atoms with Crippen LogP contribution in [0.25, 0.3) is 0 Å². The molecule has 112 valence electrons. The average molecular weight is 290 g/mol. The molecule has 1 atom stereocenters. The van der Waals surface area contributed by atoms with Crippen molar-refractivity contribution in [2.24, 2.45) is 0 Å². The number of hydrogen-bond acceptors (Lipinski definition) is 1. The van der Waals surface area contributed by atoms with E-state index in [2.05, 4.69) is 0 Å². The fourth-order valence-corrected chi connectivity index (χ4v) is 3.02. The highest BCUT2D eigenvalue weighted by molar-refractivity contribution is 5.33. The lowest BCUT2D eigenvalue weighted by Gasteiger charge is -2.37. The Balaban J connectivity index is 2.58. The second-order valence-electron chi connectivity index (χ2n) is 5.27. The summed E-state index contributed by atoms with van der Waals surface area (Å²) in [5.41, 5.74) is -0.0557. The molecule has 2 rings (SSSR count). The van der Waals surface area contributed by atoms with Crippen LogP contribution in [0.15, 0.2) is 48.5 Å². The van der Waals surface area contributed by atoms with Crippen LogP contribution < -0.4 is 0 Å². The van der Waals surface area contributed by atoms with Gasteiger partial charge in [0.2, 0.25) is 0 Å². The van der Waals surface area contributed by atoms with Crippen LogP contribution in [-0.4, -0.2) is 5.11 Å². The van der Waals surface area contributed by atoms with E-state index >= 15 is 0 Å². The lowest BCUT2D eigenvalue weighted by Crippen LogP contribution is -2.33. The van der Waals surface area contributed by atoms with Gasteiger partial charge in [0.05, 0.1) is 11.7 Å². The Morgan fingerprint density at radius 3 is 1.90 bits per heavy atom. The molecular weight excluding hydrogens is 270 g/mol. The molecular formula is C18H20F2O. The molecule has 0 amide bonds. The van der Waals surface area contributed by atoms with Gasteiger partial charge < -0.3 is 5.11 Å². The second-order valence-corrected chi connectivity index (χ2v) is 5.27. The first-order valence-corrected chi connectivity index (χ1v) is 7.24. The first-order valence-electron chi connectivity index (χ1n) is 7.24. The second kappa shape index (κ2) is 6.35. The maximum absolute atomic E-state index is 14.0. The lowest BCUT2D eigenvalue weighted by molar-refractivity contribution is 0.0661. The topological polar surface area (TPSA) is 20.2 Å². The Morgan fingerprint density at radius 2 is 1.43 bits per heavy atom. The zero-order valence-electron chi connectivity index (χ0n) is 12.3. The van der Waals surface area contributed by atoms with E-state index in [4.69, 9.17) is 0 Å². The van der Waals surface area contributed by atoms with E-state index in [0.717, 1.165) is 5.56 Å². The summed E-state index contributed by atoms with van der Waals surface area (Å²) >= 11 is 0. The van der Waals surface area contributed by atoms with Crippen molar-refractivity contribution in [3.05, 3.63) is 71.3 Å². The summed E-state index contributed by atoms with van der Waals surface area (Å²) in [6.45, 7) is 3.86. The Labute approximate surface area is 124 Å². The van der Waals surface area contributed by atoms with Crippen LogP contribution >= 0.6 is 0 Å². The highest BCUT2D eigenvalue weighted by Gasteiger charge is 2.39. The zero-order valence-corrected chi connectivity index (χ0v) is 12.3. The SMILES string of the molecule is CCC(CC)(c1ccccc1)C(O)c1c(F)cccc1F. The maximum atomic E-state index is 14.0. The standard InChI is InChI=1S/C18H20F2O/c1-3-18(4-2,13-9-6-5-7-10-13)17(21)16-14(19)11-8-12-15(16)20/h5-12,17,21H,3-4H2,1-2H3. The summed E-state index contributed by atoms with van der Waals surface area (Å²) < 4.78 is 28.0. The number of rotatable bonds is 5. The van der Waals surface area contributed by atoms with Gasteiger partial charge in [-0.05, 0) is 30.5 Å². The highest BCUT2D eigenvalue weighted by atomic mass is 19.1. The fourth-order valence-electron chi connectivity index (χ4n) is 3.02. The Morgan fingerprint density at radius 1 is 0.905 bits per heavy atom. The highest BCUT2D eigenvalue weighted by Crippen LogP contribution is 2.44. The first-order chi connectivity index (χ1) is 10.1. The van der Waals surface area contributed by atoms with Crippen LogP contribution in [0.1, 0.15) is 43.9 Å². The van der Waals surface area contributed by atoms with Gasteiger partial charge in [0.25, 0.3) is 0 Å². The van der Waals surface area contributed by atoms with Crippen LogP contribution in [-0.2, 0) is 5.41 Å². The molecule has 21 heavy (non-hydrogen) atoms. The van der Waals surface area contributed by atoms with Crippen LogP contribution in [0.4, 0.5) is 8.78 Å². The van der Waals surface area contributed by atoms with Gasteiger partial charge in [-0.1, -0.05) is 50.2 Å². The van der Waals surface area contributed by atoms with Crippen LogP contribution in [0.3, 0.4) is 0 Å². The van der Waals surface area contributed by atoms with Crippen molar-refractivity contribution in [2.75, 3.05) is 0 Å². The molecule has 0 aliphatic heterocycles. The minimum atomic E-state index is -1.23. The van der Waals surface area contributed by atoms with Crippen LogP contribution in [0.2, 0.25) is 0 Å². The number of benzene rings is 2. The van der Waals surface area contributed by atoms with E-state index in [1.807, 2.05) is 44.2 Å². The molecule has 0 saturated carbocycles. The number of hydrogen-bond donors (Lipinski definition) is 1. The van der Waals surface area contributed by atoms with E-state index in [1.54, 1.807) is 0 Å². The van der Waals surface area contributed by atoms with Crippen molar-refractivity contribution in [2.45, 2.75) is 38.2 Å². The fraction of sp³-hybridized carbons (Fsp3) is 0.333. The number of aliphatic hydroxyl groups is 1. The Hall–Kier alpha value is -1.74. The van der Waals surface area contributed by atoms with Crippen molar-refractivity contribution in [3.63, 3.8) is 0 Å². The van der Waals surface area contributed by atoms with E-state index in [1.165, 1.54) is 18.2 Å². The van der Waals surface area contributed by atoms with Gasteiger partial charge in [0.15, 0.2) is 0 Å². The third-order valence-electron chi connectivity index (χ3n) is 4.41. The molecule has 0 aliphatic rings. The van der Waals surface area contributed by atoms with Gasteiger partial charge in [-0.25, -0.2) is 8.78 Å². The van der Waals surface area contributed by atoms with E-state index in [9.17, 15) is 13.9 Å². The van der Waals surface area contributed by atoms with Crippen LogP contribution in [0.5, 0.6) is 0 Å². The molecule has 2 aromatic rings. The van der Waals surface area contributed by atoms with E-state index in [-0.39, 0.29) is 5.56 Å². The predicted molar refractivity (Wildman–Crippen MR) is 80.0 cm³/mol. The number of halogens is 2. The van der Waals surface area contributed by atoms with Crippen molar-refractivity contribution >= 4 is 0 Å². The van der Waals surface area contributed by atoms with Crippen molar-refractivity contribution in [1.29, 1.82) is 0 Å². The van der Waals surface area contributed by atoms with Gasteiger partial charge in [0, 0.05) is 5.41 Å². The van der Waals surface area contributed by atoms with Gasteiger partial charge in [-0.15, -0.1) is 0 Å². The predicted octanol–water partition coefficient (Wildman–Crippen LogP) is 4.76. The van der Waals surface area contributed by atoms with Crippen molar-refractivity contribution in [3.8, 4) is 0 Å². The Bertz CT molecular complexity index is 571. The van der Waals surface area contributed by atoms with Crippen molar-refractivity contribution < 1.29 is 13.9 Å². The van der Waals surface area contributed by atoms with Gasteiger partial charge in [0.1, 0.15) is 11.6 Å². The van der Waals surface area contributed by atoms with E-state index < -0.39 is 23.2 Å². The molecule has 3 heteroatoms. The molecule has 0 bridgehead atoms. The van der Waals surface area contributed by atoms with Crippen molar-refractivity contribution in [1.82, 2.24) is 0 Å². The minimum absolute atomic E-state index is 0.245. The molecule has 0 fully saturated rings. The lowest BCUT2D eigenvalue weighted by atomic mass is 9.69. The smallest absolute Gasteiger partial charge is 0.131 e. The van der Waals surface area contributed by atoms with Gasteiger partial charge in [-0.3, -0.25) is 0 Å². The molecule has 0 spiro atoms. The molecule has 1 nitrogen and oxygen atoms in total. The summed E-state index contributed by atoms with van der Waals surface area (Å²) in [6.07, 6.45) is -0.0543. The normalized spacial score (nSPS) is 13.2. The summed E-state index contributed by atoms with van der Waals surface area (Å²) in [7, 11) is 0. The third-order valence-corrected chi connectivity index (χ3v) is 4.41. The average Bonchev–Trinajstić information content (AvgIpc) is 2.50. The molecule has 1 N–H and O–H groups in total. The molecule has 0 radical (unpaired) electrons. The van der Waals surface area contributed by atoms with Gasteiger partial charge >= 0.3 is 0 Å². The largest absolute Gasteiger partial charge is 0.387 e. The summed E-state index contributed by atoms with van der Waals surface area (Å²) in [6, 6.07) is 13.1. The zero-order chi connectivity index (χ0) is 15.5. The van der Waals surface area contributed by atoms with Crippen LogP contribution in [0, 0.1) is 11.6 Å². The molecule has 1 unspecified atom stereocenters. The molecule has 0 aromatic heterocycles. The number of aliphatic hydroxyl groups excluding tert-OH is 1.